The SMILES string of the molecule is COC1(C)CCCN(Cc2sc(NC(=O)c3cnc(N4CCC(C(=O)O)CC4)cn3)nc2-c2ccc(CI)c(C(F)(F)F)c2)C1. The number of carboxylic acids is 1. The standard InChI is InChI=1S/C30H34F3IN6O4S/c1-29(44-2)8-3-9-39(17-29)16-23-25(19-4-5-20(13-34)21(12-19)30(31,32)33)37-28(45-23)38-26(41)22-14-36-24(15-35-22)40-10-6-18(7-11-40)27(42)43/h4-5,12,14-15,18H,3,6-11,13,16-17H2,1-2H3,(H,42,43)(H,37,38,41). The molecule has 2 N–H and O–H groups in total. The number of halogens is 4. The zero-order valence-corrected chi connectivity index (χ0v) is 27.8. The third-order valence-electron chi connectivity index (χ3n) is 8.39. The summed E-state index contributed by atoms with van der Waals surface area (Å²) in [4.78, 5) is 42.5. The molecule has 3 aromatic rings. The van der Waals surface area contributed by atoms with E-state index in [0.29, 0.717) is 56.1 Å². The minimum atomic E-state index is -4.52. The van der Waals surface area contributed by atoms with E-state index < -0.39 is 23.6 Å². The van der Waals surface area contributed by atoms with Crippen LogP contribution in [0.3, 0.4) is 0 Å². The topological polar surface area (TPSA) is 121 Å². The van der Waals surface area contributed by atoms with Gasteiger partial charge < -0.3 is 14.7 Å². The molecule has 4 heterocycles. The quantitative estimate of drug-likeness (QED) is 0.197. The first-order chi connectivity index (χ1) is 21.4. The van der Waals surface area contributed by atoms with E-state index in [0.717, 1.165) is 30.3 Å². The lowest BCUT2D eigenvalue weighted by molar-refractivity contribution is -0.142. The molecule has 2 aromatic heterocycles. The zero-order valence-electron chi connectivity index (χ0n) is 24.9. The lowest BCUT2D eigenvalue weighted by Gasteiger charge is -2.39. The molecule has 0 aliphatic carbocycles. The van der Waals surface area contributed by atoms with Gasteiger partial charge in [-0.15, -0.1) is 0 Å². The Morgan fingerprint density at radius 2 is 1.96 bits per heavy atom. The number of aliphatic carboxylic acids is 1. The van der Waals surface area contributed by atoms with Gasteiger partial charge in [-0.25, -0.2) is 15.0 Å². The Bertz CT molecular complexity index is 1530. The van der Waals surface area contributed by atoms with Crippen LogP contribution in [0, 0.1) is 5.92 Å². The van der Waals surface area contributed by atoms with Gasteiger partial charge in [-0.1, -0.05) is 46.1 Å². The van der Waals surface area contributed by atoms with Gasteiger partial charge in [-0.2, -0.15) is 13.2 Å². The van der Waals surface area contributed by atoms with Crippen LogP contribution in [0.2, 0.25) is 0 Å². The van der Waals surface area contributed by atoms with Gasteiger partial charge in [-0.05, 0) is 50.8 Å². The molecule has 0 spiro atoms. The number of methoxy groups -OCH3 is 1. The summed E-state index contributed by atoms with van der Waals surface area (Å²) >= 11 is 3.14. The first-order valence-corrected chi connectivity index (χ1v) is 16.9. The van der Waals surface area contributed by atoms with E-state index in [4.69, 9.17) is 4.74 Å². The van der Waals surface area contributed by atoms with Crippen molar-refractivity contribution in [3.05, 3.63) is 52.3 Å². The predicted molar refractivity (Wildman–Crippen MR) is 173 cm³/mol. The van der Waals surface area contributed by atoms with Crippen molar-refractivity contribution in [3.63, 3.8) is 0 Å². The number of hydrogen-bond donors (Lipinski definition) is 2. The van der Waals surface area contributed by atoms with Crippen LogP contribution in [0.4, 0.5) is 24.1 Å². The molecule has 2 aliphatic heterocycles. The van der Waals surface area contributed by atoms with Crippen LogP contribution >= 0.6 is 33.9 Å². The van der Waals surface area contributed by atoms with E-state index in [-0.39, 0.29) is 32.3 Å². The van der Waals surface area contributed by atoms with Crippen molar-refractivity contribution in [1.82, 2.24) is 19.9 Å². The molecule has 242 valence electrons. The summed E-state index contributed by atoms with van der Waals surface area (Å²) in [6.45, 7) is 4.98. The van der Waals surface area contributed by atoms with Crippen molar-refractivity contribution < 1.29 is 32.6 Å². The number of carbonyl (C=O) groups excluding carboxylic acids is 1. The van der Waals surface area contributed by atoms with Gasteiger partial charge in [0.25, 0.3) is 5.91 Å². The van der Waals surface area contributed by atoms with Crippen LogP contribution in [-0.4, -0.2) is 75.7 Å². The number of hydrogen-bond acceptors (Lipinski definition) is 9. The molecule has 0 radical (unpaired) electrons. The lowest BCUT2D eigenvalue weighted by Crippen LogP contribution is -2.46. The van der Waals surface area contributed by atoms with Gasteiger partial charge in [0.05, 0.1) is 35.2 Å². The third kappa shape index (κ3) is 7.92. The smallest absolute Gasteiger partial charge is 0.416 e. The fourth-order valence-corrected chi connectivity index (χ4v) is 7.46. The van der Waals surface area contributed by atoms with Crippen LogP contribution in [0.15, 0.2) is 30.6 Å². The Kier molecular flexibility index (Phi) is 10.3. The second-order valence-corrected chi connectivity index (χ2v) is 13.4. The number of thiazole rings is 1. The first kappa shape index (κ1) is 33.5. The third-order valence-corrected chi connectivity index (χ3v) is 10.2. The fourth-order valence-electron chi connectivity index (χ4n) is 5.77. The molecule has 15 heteroatoms. The number of amides is 1. The number of anilines is 2. The number of likely N-dealkylation sites (tertiary alicyclic amines) is 1. The molecular weight excluding hydrogens is 724 g/mol. The maximum Gasteiger partial charge on any atom is 0.416 e. The predicted octanol–water partition coefficient (Wildman–Crippen LogP) is 6.11. The van der Waals surface area contributed by atoms with E-state index in [1.807, 2.05) is 34.4 Å². The Balaban J connectivity index is 1.38. The number of alkyl halides is 4. The number of carbonyl (C=O) groups is 2. The molecule has 10 nitrogen and oxygen atoms in total. The maximum atomic E-state index is 14.0. The highest BCUT2D eigenvalue weighted by molar-refractivity contribution is 14.1. The molecule has 1 amide bonds. The molecule has 1 aromatic carbocycles. The van der Waals surface area contributed by atoms with Crippen molar-refractivity contribution in [3.8, 4) is 11.3 Å². The largest absolute Gasteiger partial charge is 0.481 e. The maximum absolute atomic E-state index is 14.0. The second-order valence-electron chi connectivity index (χ2n) is 11.6. The summed E-state index contributed by atoms with van der Waals surface area (Å²) < 4.78 is 47.8. The Morgan fingerprint density at radius 3 is 2.58 bits per heavy atom. The minimum Gasteiger partial charge on any atom is -0.481 e. The highest BCUT2D eigenvalue weighted by Crippen LogP contribution is 2.39. The van der Waals surface area contributed by atoms with E-state index in [1.54, 1.807) is 13.2 Å². The van der Waals surface area contributed by atoms with Crippen LogP contribution < -0.4 is 10.2 Å². The van der Waals surface area contributed by atoms with Crippen LogP contribution in [0.1, 0.15) is 59.1 Å². The molecule has 45 heavy (non-hydrogen) atoms. The number of rotatable bonds is 9. The normalized spacial score (nSPS) is 19.9. The highest BCUT2D eigenvalue weighted by Gasteiger charge is 2.35. The molecule has 0 bridgehead atoms. The summed E-state index contributed by atoms with van der Waals surface area (Å²) in [6.07, 6.45) is 1.13. The lowest BCUT2D eigenvalue weighted by atomic mass is 9.94. The summed E-state index contributed by atoms with van der Waals surface area (Å²) in [5.41, 5.74) is -0.0803. The average molecular weight is 759 g/mol. The number of carboxylic acid groups (broad SMARTS) is 1. The van der Waals surface area contributed by atoms with Crippen molar-refractivity contribution in [1.29, 1.82) is 0 Å². The molecule has 1 atom stereocenters. The van der Waals surface area contributed by atoms with Crippen LogP contribution in [0.25, 0.3) is 11.3 Å². The van der Waals surface area contributed by atoms with Gasteiger partial charge in [0.1, 0.15) is 11.5 Å². The van der Waals surface area contributed by atoms with Crippen molar-refractivity contribution in [2.75, 3.05) is 43.5 Å². The van der Waals surface area contributed by atoms with Gasteiger partial charge in [0, 0.05) is 48.2 Å². The van der Waals surface area contributed by atoms with Crippen molar-refractivity contribution in [2.45, 2.75) is 55.4 Å². The second kappa shape index (κ2) is 13.8. The first-order valence-electron chi connectivity index (χ1n) is 14.5. The van der Waals surface area contributed by atoms with E-state index in [1.165, 1.54) is 29.8 Å². The number of piperidine rings is 2. The van der Waals surface area contributed by atoms with Gasteiger partial charge in [-0.3, -0.25) is 19.8 Å². The van der Waals surface area contributed by atoms with E-state index in [2.05, 4.69) is 25.2 Å². The summed E-state index contributed by atoms with van der Waals surface area (Å²) in [5.74, 6) is -1.18. The number of aromatic nitrogens is 3. The molecule has 2 aliphatic rings. The minimum absolute atomic E-state index is 0.0510. The zero-order chi connectivity index (χ0) is 32.4. The molecule has 2 fully saturated rings. The highest BCUT2D eigenvalue weighted by atomic mass is 127. The molecule has 1 unspecified atom stereocenters. The molecule has 0 saturated carbocycles. The Hall–Kier alpha value is -2.89. The number of nitrogens with zero attached hydrogens (tertiary/aromatic N) is 5. The van der Waals surface area contributed by atoms with Crippen LogP contribution in [-0.2, 0) is 26.7 Å². The molecule has 2 saturated heterocycles. The summed E-state index contributed by atoms with van der Waals surface area (Å²) in [7, 11) is 1.68. The van der Waals surface area contributed by atoms with Gasteiger partial charge >= 0.3 is 12.1 Å². The summed E-state index contributed by atoms with van der Waals surface area (Å²) in [5, 5.41) is 12.2. The van der Waals surface area contributed by atoms with Gasteiger partial charge in [0.15, 0.2) is 5.13 Å². The average Bonchev–Trinajstić information content (AvgIpc) is 3.42. The van der Waals surface area contributed by atoms with Crippen LogP contribution in [0.5, 0.6) is 0 Å². The fraction of sp³-hybridized carbons (Fsp3) is 0.500. The van der Waals surface area contributed by atoms with Gasteiger partial charge in [0.2, 0.25) is 0 Å². The Labute approximate surface area is 276 Å². The van der Waals surface area contributed by atoms with E-state index >= 15 is 0 Å². The number of nitrogens with one attached hydrogen (secondary N) is 1. The summed E-state index contributed by atoms with van der Waals surface area (Å²) in [6, 6.07) is 4.26. The molecular formula is C30H34F3IN6O4S. The van der Waals surface area contributed by atoms with Crippen molar-refractivity contribution in [2.24, 2.45) is 5.92 Å². The number of benzene rings is 1. The monoisotopic (exact) mass is 758 g/mol. The number of ether oxygens (including phenoxy) is 1. The van der Waals surface area contributed by atoms with Crippen molar-refractivity contribution >= 4 is 56.8 Å². The Morgan fingerprint density at radius 1 is 1.20 bits per heavy atom. The van der Waals surface area contributed by atoms with E-state index in [9.17, 15) is 27.9 Å². The molecule has 5 rings (SSSR count).